The largest absolute Gasteiger partial charge is 0.361 e. The second kappa shape index (κ2) is 8.21. The van der Waals surface area contributed by atoms with Crippen LogP contribution in [0, 0.1) is 0 Å². The van der Waals surface area contributed by atoms with Gasteiger partial charge >= 0.3 is 0 Å². The van der Waals surface area contributed by atoms with Gasteiger partial charge in [-0.25, -0.2) is 0 Å². The number of ketones is 1. The third-order valence-corrected chi connectivity index (χ3v) is 3.99. The molecule has 2 rings (SSSR count). The van der Waals surface area contributed by atoms with E-state index >= 15 is 0 Å². The molecule has 0 amide bonds. The van der Waals surface area contributed by atoms with Gasteiger partial charge in [0.2, 0.25) is 0 Å². The Labute approximate surface area is 122 Å². The Balaban J connectivity index is 1.56. The van der Waals surface area contributed by atoms with Gasteiger partial charge in [0.05, 0.1) is 6.10 Å². The first kappa shape index (κ1) is 15.2. The summed E-state index contributed by atoms with van der Waals surface area (Å²) < 4.78 is 5.53. The molecule has 0 bridgehead atoms. The number of hydrogen-bond acceptors (Lipinski definition) is 2. The van der Waals surface area contributed by atoms with Gasteiger partial charge in [-0.3, -0.25) is 4.79 Å². The summed E-state index contributed by atoms with van der Waals surface area (Å²) in [4.78, 5) is 12.1. The van der Waals surface area contributed by atoms with Crippen LogP contribution in [0.25, 0.3) is 0 Å². The van der Waals surface area contributed by atoms with Crippen molar-refractivity contribution in [2.75, 3.05) is 0 Å². The number of Topliss-reactive ketones (excluding diaryl/α,β-unsaturated/α-hetero) is 1. The molecule has 0 radical (unpaired) electrons. The Morgan fingerprint density at radius 3 is 2.35 bits per heavy atom. The maximum absolute atomic E-state index is 12.1. The van der Waals surface area contributed by atoms with Crippen LogP contribution in [-0.2, 0) is 4.74 Å². The van der Waals surface area contributed by atoms with E-state index in [0.717, 1.165) is 12.0 Å². The first-order chi connectivity index (χ1) is 9.83. The number of epoxide rings is 1. The molecule has 1 aromatic rings. The Bertz CT molecular complexity index is 399. The Morgan fingerprint density at radius 2 is 1.65 bits per heavy atom. The monoisotopic (exact) mass is 274 g/mol. The number of carbonyl (C=O) groups excluding carboxylic acids is 1. The molecular weight excluding hydrogens is 248 g/mol. The zero-order valence-corrected chi connectivity index (χ0v) is 12.5. The van der Waals surface area contributed by atoms with E-state index in [1.165, 1.54) is 44.9 Å². The predicted octanol–water partition coefficient (Wildman–Crippen LogP) is 4.78. The first-order valence-corrected chi connectivity index (χ1v) is 8.07. The molecule has 110 valence electrons. The van der Waals surface area contributed by atoms with Crippen LogP contribution in [0.1, 0.15) is 68.6 Å². The Morgan fingerprint density at radius 1 is 1.00 bits per heavy atom. The van der Waals surface area contributed by atoms with Crippen LogP contribution in [0.2, 0.25) is 0 Å². The molecule has 0 aliphatic carbocycles. The van der Waals surface area contributed by atoms with Crippen LogP contribution in [0.5, 0.6) is 0 Å². The minimum absolute atomic E-state index is 0.151. The fourth-order valence-corrected chi connectivity index (χ4v) is 2.66. The van der Waals surface area contributed by atoms with Gasteiger partial charge in [-0.2, -0.15) is 0 Å². The highest BCUT2D eigenvalue weighted by Gasteiger charge is 2.44. The van der Waals surface area contributed by atoms with Gasteiger partial charge in [-0.05, 0) is 6.42 Å². The summed E-state index contributed by atoms with van der Waals surface area (Å²) in [5, 5.41) is 0. The number of unbranched alkanes of at least 4 members (excludes halogenated alkanes) is 6. The van der Waals surface area contributed by atoms with Gasteiger partial charge in [0.1, 0.15) is 6.10 Å². The lowest BCUT2D eigenvalue weighted by molar-refractivity contribution is 0.0953. The van der Waals surface area contributed by atoms with Crippen molar-refractivity contribution in [2.45, 2.75) is 70.5 Å². The fraction of sp³-hybridized carbons (Fsp3) is 0.611. The Hall–Kier alpha value is -1.15. The fourth-order valence-electron chi connectivity index (χ4n) is 2.66. The van der Waals surface area contributed by atoms with Gasteiger partial charge in [0, 0.05) is 5.56 Å². The van der Waals surface area contributed by atoms with Crippen molar-refractivity contribution >= 4 is 5.78 Å². The zero-order chi connectivity index (χ0) is 14.2. The molecule has 1 fully saturated rings. The standard InChI is InChI=1S/C18H26O2/c1-2-3-4-5-6-7-11-14-16-18(20-16)17(19)15-12-9-8-10-13-15/h8-10,12-13,16,18H,2-7,11,14H2,1H3/t16-,18+/m1/s1. The second-order valence-electron chi connectivity index (χ2n) is 5.74. The molecule has 2 heteroatoms. The maximum atomic E-state index is 12.1. The highest BCUT2D eigenvalue weighted by Crippen LogP contribution is 2.30. The normalized spacial score (nSPS) is 20.9. The van der Waals surface area contributed by atoms with Crippen molar-refractivity contribution in [1.29, 1.82) is 0 Å². The molecule has 1 aliphatic heterocycles. The van der Waals surface area contributed by atoms with E-state index in [-0.39, 0.29) is 18.0 Å². The maximum Gasteiger partial charge on any atom is 0.194 e. The van der Waals surface area contributed by atoms with Crippen LogP contribution in [-0.4, -0.2) is 18.0 Å². The molecule has 0 aromatic heterocycles. The summed E-state index contributed by atoms with van der Waals surface area (Å²) in [5.74, 6) is 0.151. The molecule has 2 nitrogen and oxygen atoms in total. The van der Waals surface area contributed by atoms with Crippen molar-refractivity contribution < 1.29 is 9.53 Å². The third kappa shape index (κ3) is 4.75. The SMILES string of the molecule is CCCCCCCCC[C@H]1O[C@@H]1C(=O)c1ccccc1. The van der Waals surface area contributed by atoms with Gasteiger partial charge in [0.25, 0.3) is 0 Å². The second-order valence-corrected chi connectivity index (χ2v) is 5.74. The van der Waals surface area contributed by atoms with Crippen molar-refractivity contribution in [3.05, 3.63) is 35.9 Å². The summed E-state index contributed by atoms with van der Waals surface area (Å²) in [6.45, 7) is 2.24. The number of carbonyl (C=O) groups is 1. The highest BCUT2D eigenvalue weighted by molar-refractivity contribution is 6.01. The van der Waals surface area contributed by atoms with Crippen LogP contribution in [0.15, 0.2) is 30.3 Å². The number of hydrogen-bond donors (Lipinski definition) is 0. The lowest BCUT2D eigenvalue weighted by Crippen LogP contribution is -2.10. The smallest absolute Gasteiger partial charge is 0.194 e. The molecule has 0 spiro atoms. The van der Waals surface area contributed by atoms with Crippen LogP contribution in [0.3, 0.4) is 0 Å². The summed E-state index contributed by atoms with van der Waals surface area (Å²) in [7, 11) is 0. The summed E-state index contributed by atoms with van der Waals surface area (Å²) in [6.07, 6.45) is 10.2. The number of benzene rings is 1. The third-order valence-electron chi connectivity index (χ3n) is 3.99. The van der Waals surface area contributed by atoms with Crippen molar-refractivity contribution in [1.82, 2.24) is 0 Å². The summed E-state index contributed by atoms with van der Waals surface area (Å²) in [5.41, 5.74) is 0.777. The molecule has 0 saturated carbocycles. The topological polar surface area (TPSA) is 29.6 Å². The van der Waals surface area contributed by atoms with Gasteiger partial charge in [-0.1, -0.05) is 82.2 Å². The van der Waals surface area contributed by atoms with Gasteiger partial charge in [0.15, 0.2) is 5.78 Å². The molecular formula is C18H26O2. The average Bonchev–Trinajstić information content (AvgIpc) is 3.26. The summed E-state index contributed by atoms with van der Waals surface area (Å²) >= 11 is 0. The predicted molar refractivity (Wildman–Crippen MR) is 82.0 cm³/mol. The molecule has 0 N–H and O–H groups in total. The first-order valence-electron chi connectivity index (χ1n) is 8.07. The van der Waals surface area contributed by atoms with E-state index in [1.807, 2.05) is 30.3 Å². The Kier molecular flexibility index (Phi) is 6.25. The van der Waals surface area contributed by atoms with Gasteiger partial charge in [-0.15, -0.1) is 0 Å². The quantitative estimate of drug-likeness (QED) is 0.349. The van der Waals surface area contributed by atoms with E-state index in [1.54, 1.807) is 0 Å². The molecule has 1 aromatic carbocycles. The van der Waals surface area contributed by atoms with Crippen LogP contribution in [0.4, 0.5) is 0 Å². The molecule has 20 heavy (non-hydrogen) atoms. The van der Waals surface area contributed by atoms with E-state index in [9.17, 15) is 4.79 Å². The molecule has 1 aliphatic rings. The molecule has 1 saturated heterocycles. The highest BCUT2D eigenvalue weighted by atomic mass is 16.6. The minimum atomic E-state index is -0.169. The molecule has 1 heterocycles. The van der Waals surface area contributed by atoms with E-state index in [4.69, 9.17) is 4.74 Å². The molecule has 0 unspecified atom stereocenters. The molecule has 2 atom stereocenters. The minimum Gasteiger partial charge on any atom is -0.361 e. The zero-order valence-electron chi connectivity index (χ0n) is 12.5. The van der Waals surface area contributed by atoms with E-state index < -0.39 is 0 Å². The van der Waals surface area contributed by atoms with E-state index in [0.29, 0.717) is 0 Å². The summed E-state index contributed by atoms with van der Waals surface area (Å²) in [6, 6.07) is 9.48. The number of rotatable bonds is 10. The van der Waals surface area contributed by atoms with Gasteiger partial charge < -0.3 is 4.74 Å². The lowest BCUT2D eigenvalue weighted by Gasteiger charge is -2.00. The lowest BCUT2D eigenvalue weighted by atomic mass is 10.0. The van der Waals surface area contributed by atoms with Crippen molar-refractivity contribution in [3.8, 4) is 0 Å². The van der Waals surface area contributed by atoms with Crippen LogP contribution < -0.4 is 0 Å². The van der Waals surface area contributed by atoms with E-state index in [2.05, 4.69) is 6.92 Å². The van der Waals surface area contributed by atoms with Crippen LogP contribution >= 0.6 is 0 Å². The number of ether oxygens (including phenoxy) is 1. The average molecular weight is 274 g/mol. The van der Waals surface area contributed by atoms with Crippen molar-refractivity contribution in [3.63, 3.8) is 0 Å². The van der Waals surface area contributed by atoms with Crippen molar-refractivity contribution in [2.24, 2.45) is 0 Å².